The first-order valence-corrected chi connectivity index (χ1v) is 10.7. The Kier molecular flexibility index (Phi) is 5.45. The summed E-state index contributed by atoms with van der Waals surface area (Å²) in [7, 11) is 0. The van der Waals surface area contributed by atoms with Crippen molar-refractivity contribution in [2.75, 3.05) is 12.3 Å². The number of fused-ring (bicyclic) bond motifs is 1. The predicted octanol–water partition coefficient (Wildman–Crippen LogP) is 2.39. The van der Waals surface area contributed by atoms with E-state index in [4.69, 9.17) is 15.2 Å². The minimum absolute atomic E-state index is 0.0642. The van der Waals surface area contributed by atoms with E-state index in [1.807, 2.05) is 30.3 Å². The third kappa shape index (κ3) is 3.80. The zero-order valence-electron chi connectivity index (χ0n) is 18.3. The number of nitrogen functional groups attached to an aromatic ring is 1. The van der Waals surface area contributed by atoms with Crippen LogP contribution in [-0.2, 0) is 4.74 Å². The number of aliphatic hydroxyl groups is 2. The van der Waals surface area contributed by atoms with Crippen molar-refractivity contribution in [1.82, 2.24) is 19.5 Å². The Balaban J connectivity index is 1.33. The highest BCUT2D eigenvalue weighted by Gasteiger charge is 2.44. The number of imidazole rings is 1. The molecular weight excluding hydrogens is 422 g/mol. The summed E-state index contributed by atoms with van der Waals surface area (Å²) in [5, 5.41) is 21.2. The van der Waals surface area contributed by atoms with Crippen LogP contribution >= 0.6 is 0 Å². The molecule has 2 aromatic carbocycles. The number of anilines is 1. The first kappa shape index (κ1) is 21.3. The van der Waals surface area contributed by atoms with Crippen LogP contribution in [0.4, 0.5) is 5.82 Å². The number of nitrogens with two attached hydrogens (primary N) is 1. The maximum absolute atomic E-state index is 10.6. The summed E-state index contributed by atoms with van der Waals surface area (Å²) in [5.41, 5.74) is 11.3. The van der Waals surface area contributed by atoms with Gasteiger partial charge >= 0.3 is 0 Å². The molecule has 0 bridgehead atoms. The number of aliphatic hydroxyl groups excluding tert-OH is 2. The second-order valence-corrected chi connectivity index (χ2v) is 8.23. The normalized spacial score (nSPS) is 22.7. The van der Waals surface area contributed by atoms with Crippen LogP contribution in [0.25, 0.3) is 22.3 Å². The van der Waals surface area contributed by atoms with Crippen molar-refractivity contribution in [3.63, 3.8) is 0 Å². The molecule has 3 heterocycles. The fourth-order valence-electron chi connectivity index (χ4n) is 4.34. The van der Waals surface area contributed by atoms with Gasteiger partial charge in [-0.15, -0.1) is 0 Å². The third-order valence-electron chi connectivity index (χ3n) is 6.02. The minimum Gasteiger partial charge on any atom is -0.491 e. The molecule has 1 saturated heterocycles. The molecule has 0 spiro atoms. The van der Waals surface area contributed by atoms with Crippen molar-refractivity contribution >= 4 is 17.0 Å². The van der Waals surface area contributed by atoms with Crippen molar-refractivity contribution in [2.45, 2.75) is 38.4 Å². The zero-order valence-corrected chi connectivity index (χ0v) is 18.3. The molecule has 0 radical (unpaired) electrons. The number of hydrogen-bond donors (Lipinski definition) is 3. The Labute approximate surface area is 190 Å². The Morgan fingerprint density at radius 3 is 2.58 bits per heavy atom. The third-order valence-corrected chi connectivity index (χ3v) is 6.02. The molecule has 1 aliphatic heterocycles. The summed E-state index contributed by atoms with van der Waals surface area (Å²) in [5.74, 6) is 0.882. The predicted molar refractivity (Wildman–Crippen MR) is 123 cm³/mol. The highest BCUT2D eigenvalue weighted by Crippen LogP contribution is 2.33. The SMILES string of the molecule is Cc1cccc(C)c1-c1cccc(OC[C@H]2O[C@@H](n3cnc4c(N)ncnc43)[C@H](O)[C@@H]2O)c1. The fraction of sp³-hybridized carbons (Fsp3) is 0.292. The molecule has 0 unspecified atom stereocenters. The lowest BCUT2D eigenvalue weighted by molar-refractivity contribution is -0.0474. The van der Waals surface area contributed by atoms with E-state index < -0.39 is 24.5 Å². The average molecular weight is 447 g/mol. The van der Waals surface area contributed by atoms with Crippen LogP contribution in [0, 0.1) is 13.8 Å². The first-order valence-electron chi connectivity index (χ1n) is 10.7. The van der Waals surface area contributed by atoms with E-state index in [-0.39, 0.29) is 12.4 Å². The molecule has 1 fully saturated rings. The smallest absolute Gasteiger partial charge is 0.167 e. The topological polar surface area (TPSA) is 129 Å². The van der Waals surface area contributed by atoms with Gasteiger partial charge < -0.3 is 25.4 Å². The fourth-order valence-corrected chi connectivity index (χ4v) is 4.34. The van der Waals surface area contributed by atoms with Gasteiger partial charge in [-0.3, -0.25) is 4.57 Å². The van der Waals surface area contributed by atoms with Gasteiger partial charge in [0.05, 0.1) is 6.33 Å². The van der Waals surface area contributed by atoms with Crippen molar-refractivity contribution < 1.29 is 19.7 Å². The molecule has 0 saturated carbocycles. The van der Waals surface area contributed by atoms with E-state index in [2.05, 4.69) is 40.9 Å². The van der Waals surface area contributed by atoms with Gasteiger partial charge in [0.25, 0.3) is 0 Å². The van der Waals surface area contributed by atoms with Gasteiger partial charge in [-0.1, -0.05) is 30.3 Å². The van der Waals surface area contributed by atoms with Gasteiger partial charge in [0, 0.05) is 0 Å². The molecule has 33 heavy (non-hydrogen) atoms. The molecule has 0 amide bonds. The summed E-state index contributed by atoms with van der Waals surface area (Å²) in [4.78, 5) is 12.3. The molecule has 170 valence electrons. The van der Waals surface area contributed by atoms with Gasteiger partial charge in [0.15, 0.2) is 17.7 Å². The number of benzene rings is 2. The van der Waals surface area contributed by atoms with E-state index in [1.54, 1.807) is 4.57 Å². The molecule has 5 rings (SSSR count). The van der Waals surface area contributed by atoms with Crippen LogP contribution in [0.2, 0.25) is 0 Å². The number of nitrogens with zero attached hydrogens (tertiary/aromatic N) is 4. The Morgan fingerprint density at radius 1 is 1.03 bits per heavy atom. The van der Waals surface area contributed by atoms with E-state index in [0.717, 1.165) is 5.56 Å². The van der Waals surface area contributed by atoms with Crippen LogP contribution in [0.3, 0.4) is 0 Å². The highest BCUT2D eigenvalue weighted by atomic mass is 16.6. The van der Waals surface area contributed by atoms with Crippen molar-refractivity contribution in [3.05, 3.63) is 66.2 Å². The van der Waals surface area contributed by atoms with Crippen LogP contribution in [0.5, 0.6) is 5.75 Å². The number of hydrogen-bond acceptors (Lipinski definition) is 8. The van der Waals surface area contributed by atoms with Gasteiger partial charge in [0.2, 0.25) is 0 Å². The van der Waals surface area contributed by atoms with Crippen molar-refractivity contribution in [3.8, 4) is 16.9 Å². The molecule has 4 atom stereocenters. The lowest BCUT2D eigenvalue weighted by Gasteiger charge is -2.17. The molecule has 9 heteroatoms. The summed E-state index contributed by atoms with van der Waals surface area (Å²) < 4.78 is 13.5. The van der Waals surface area contributed by atoms with Crippen molar-refractivity contribution in [2.24, 2.45) is 0 Å². The largest absolute Gasteiger partial charge is 0.491 e. The van der Waals surface area contributed by atoms with Crippen LogP contribution in [0.15, 0.2) is 55.1 Å². The first-order chi connectivity index (χ1) is 15.9. The van der Waals surface area contributed by atoms with E-state index in [1.165, 1.54) is 29.3 Å². The van der Waals surface area contributed by atoms with Crippen LogP contribution in [0.1, 0.15) is 17.4 Å². The second-order valence-electron chi connectivity index (χ2n) is 8.23. The number of aromatic nitrogens is 4. The van der Waals surface area contributed by atoms with E-state index in [9.17, 15) is 10.2 Å². The van der Waals surface area contributed by atoms with Gasteiger partial charge in [-0.05, 0) is 48.2 Å². The number of aryl methyl sites for hydroxylation is 2. The summed E-state index contributed by atoms with van der Waals surface area (Å²) >= 11 is 0. The summed E-state index contributed by atoms with van der Waals surface area (Å²) in [6, 6.07) is 14.0. The molecule has 1 aliphatic rings. The van der Waals surface area contributed by atoms with Crippen molar-refractivity contribution in [1.29, 1.82) is 0 Å². The maximum Gasteiger partial charge on any atom is 0.167 e. The standard InChI is InChI=1S/C24H25N5O4/c1-13-5-3-6-14(2)18(13)15-7-4-8-16(9-15)32-10-17-20(30)21(31)24(33-17)29-12-28-19-22(25)26-11-27-23(19)29/h3-9,11-12,17,20-21,24,30-31H,10H2,1-2H3,(H2,25,26,27)/t17-,20-,21-,24-/m1/s1. The Hall–Kier alpha value is -3.53. The molecular formula is C24H25N5O4. The Morgan fingerprint density at radius 2 is 1.79 bits per heavy atom. The molecule has 4 N–H and O–H groups in total. The zero-order chi connectivity index (χ0) is 23.1. The maximum atomic E-state index is 10.6. The van der Waals surface area contributed by atoms with Gasteiger partial charge in [-0.2, -0.15) is 0 Å². The quantitative estimate of drug-likeness (QED) is 0.425. The molecule has 2 aromatic heterocycles. The van der Waals surface area contributed by atoms with E-state index >= 15 is 0 Å². The Bertz CT molecular complexity index is 1290. The number of ether oxygens (including phenoxy) is 2. The van der Waals surface area contributed by atoms with Gasteiger partial charge in [-0.25, -0.2) is 15.0 Å². The lowest BCUT2D eigenvalue weighted by Crippen LogP contribution is -2.34. The van der Waals surface area contributed by atoms with Crippen LogP contribution in [-0.4, -0.2) is 54.7 Å². The number of rotatable bonds is 5. The second kappa shape index (κ2) is 8.43. The van der Waals surface area contributed by atoms with Crippen LogP contribution < -0.4 is 10.5 Å². The lowest BCUT2D eigenvalue weighted by atomic mass is 9.96. The van der Waals surface area contributed by atoms with Gasteiger partial charge in [0.1, 0.15) is 42.5 Å². The molecule has 4 aromatic rings. The minimum atomic E-state index is -1.19. The summed E-state index contributed by atoms with van der Waals surface area (Å²) in [6.07, 6.45) is -1.17. The molecule has 0 aliphatic carbocycles. The monoisotopic (exact) mass is 447 g/mol. The van der Waals surface area contributed by atoms with E-state index in [0.29, 0.717) is 16.9 Å². The summed E-state index contributed by atoms with van der Waals surface area (Å²) in [6.45, 7) is 4.23. The molecule has 9 nitrogen and oxygen atoms in total. The highest BCUT2D eigenvalue weighted by molar-refractivity contribution is 5.81. The average Bonchev–Trinajstić information content (AvgIpc) is 3.35.